The van der Waals surface area contributed by atoms with Gasteiger partial charge in [-0.3, -0.25) is 0 Å². The van der Waals surface area contributed by atoms with Crippen molar-refractivity contribution in [3.63, 3.8) is 0 Å². The number of methoxy groups -OCH3 is 1. The molecule has 2 aromatic rings. The Morgan fingerprint density at radius 2 is 2.12 bits per heavy atom. The van der Waals surface area contributed by atoms with Gasteiger partial charge in [-0.2, -0.15) is 0 Å². The number of ether oxygens (including phenoxy) is 1. The molecule has 0 unspecified atom stereocenters. The number of nitrogens with one attached hydrogen (secondary N) is 1. The molecule has 0 aliphatic heterocycles. The summed E-state index contributed by atoms with van der Waals surface area (Å²) in [4.78, 5) is 4.66. The average Bonchev–Trinajstić information content (AvgIpc) is 3.13. The highest BCUT2D eigenvalue weighted by Crippen LogP contribution is 2.27. The zero-order chi connectivity index (χ0) is 11.8. The Bertz CT molecular complexity index is 561. The minimum Gasteiger partial charge on any atom is -0.497 e. The van der Waals surface area contributed by atoms with Crippen LogP contribution in [0, 0.1) is 6.92 Å². The van der Waals surface area contributed by atoms with Gasteiger partial charge in [-0.25, -0.2) is 4.98 Å². The van der Waals surface area contributed by atoms with Crippen LogP contribution in [0.3, 0.4) is 0 Å². The zero-order valence-corrected chi connectivity index (χ0v) is 10.2. The molecule has 88 valence electrons. The van der Waals surface area contributed by atoms with Gasteiger partial charge in [0.2, 0.25) is 0 Å². The van der Waals surface area contributed by atoms with Crippen LogP contribution in [0.2, 0.25) is 0 Å². The summed E-state index contributed by atoms with van der Waals surface area (Å²) in [5.41, 5.74) is 2.20. The van der Waals surface area contributed by atoms with Gasteiger partial charge in [-0.1, -0.05) is 0 Å². The van der Waals surface area contributed by atoms with Crippen LogP contribution < -0.4 is 10.1 Å². The van der Waals surface area contributed by atoms with E-state index >= 15 is 0 Å². The summed E-state index contributed by atoms with van der Waals surface area (Å²) in [6.07, 6.45) is 2.53. The van der Waals surface area contributed by atoms with Gasteiger partial charge in [0.1, 0.15) is 11.6 Å². The molecule has 1 aliphatic carbocycles. The van der Waals surface area contributed by atoms with Crippen molar-refractivity contribution >= 4 is 16.7 Å². The molecule has 0 saturated heterocycles. The summed E-state index contributed by atoms with van der Waals surface area (Å²) >= 11 is 0. The third-order valence-corrected chi connectivity index (χ3v) is 3.12. The molecule has 0 amide bonds. The van der Waals surface area contributed by atoms with Crippen molar-refractivity contribution < 1.29 is 4.74 Å². The van der Waals surface area contributed by atoms with Crippen molar-refractivity contribution in [2.45, 2.75) is 25.8 Å². The SMILES string of the molecule is COc1cc(C)c2nc(NC3CC3)ccc2c1. The van der Waals surface area contributed by atoms with Crippen LogP contribution in [-0.2, 0) is 0 Å². The van der Waals surface area contributed by atoms with Crippen LogP contribution in [0.1, 0.15) is 18.4 Å². The molecule has 3 heteroatoms. The van der Waals surface area contributed by atoms with Gasteiger partial charge >= 0.3 is 0 Å². The number of rotatable bonds is 3. The lowest BCUT2D eigenvalue weighted by Crippen LogP contribution is -2.03. The molecule has 0 atom stereocenters. The molecule has 0 radical (unpaired) electrons. The standard InChI is InChI=1S/C14H16N2O/c1-9-7-12(17-2)8-10-3-6-13(16-14(9)10)15-11-4-5-11/h3,6-8,11H,4-5H2,1-2H3,(H,15,16). The second-order valence-electron chi connectivity index (χ2n) is 4.63. The van der Waals surface area contributed by atoms with E-state index in [2.05, 4.69) is 23.3 Å². The van der Waals surface area contributed by atoms with E-state index in [0.29, 0.717) is 6.04 Å². The molecule has 0 bridgehead atoms. The average molecular weight is 228 g/mol. The highest BCUT2D eigenvalue weighted by molar-refractivity contribution is 5.84. The molecule has 3 nitrogen and oxygen atoms in total. The Kier molecular flexibility index (Phi) is 2.39. The molecule has 1 N–H and O–H groups in total. The Balaban J connectivity index is 2.05. The predicted molar refractivity (Wildman–Crippen MR) is 69.7 cm³/mol. The molecular formula is C14H16N2O. The summed E-state index contributed by atoms with van der Waals surface area (Å²) in [6, 6.07) is 8.83. The van der Waals surface area contributed by atoms with E-state index in [9.17, 15) is 0 Å². The van der Waals surface area contributed by atoms with Crippen LogP contribution in [-0.4, -0.2) is 18.1 Å². The molecule has 1 aliphatic rings. The lowest BCUT2D eigenvalue weighted by molar-refractivity contribution is 0.415. The molecule has 1 saturated carbocycles. The summed E-state index contributed by atoms with van der Waals surface area (Å²) in [5.74, 6) is 1.87. The van der Waals surface area contributed by atoms with Crippen molar-refractivity contribution in [2.75, 3.05) is 12.4 Å². The fourth-order valence-corrected chi connectivity index (χ4v) is 2.01. The number of nitrogens with zero attached hydrogens (tertiary/aromatic N) is 1. The molecular weight excluding hydrogens is 212 g/mol. The van der Waals surface area contributed by atoms with Gasteiger partial charge in [0.05, 0.1) is 12.6 Å². The fraction of sp³-hybridized carbons (Fsp3) is 0.357. The van der Waals surface area contributed by atoms with Crippen LogP contribution >= 0.6 is 0 Å². The summed E-state index contributed by atoms with van der Waals surface area (Å²) in [6.45, 7) is 2.07. The Hall–Kier alpha value is -1.77. The van der Waals surface area contributed by atoms with Crippen LogP contribution in [0.5, 0.6) is 5.75 Å². The van der Waals surface area contributed by atoms with E-state index in [1.54, 1.807) is 7.11 Å². The first kappa shape index (κ1) is 10.4. The maximum atomic E-state index is 5.26. The minimum absolute atomic E-state index is 0.638. The topological polar surface area (TPSA) is 34.1 Å². The molecule has 3 rings (SSSR count). The van der Waals surface area contributed by atoms with Gasteiger partial charge < -0.3 is 10.1 Å². The van der Waals surface area contributed by atoms with E-state index in [0.717, 1.165) is 28.0 Å². The molecule has 1 heterocycles. The van der Waals surface area contributed by atoms with E-state index in [1.807, 2.05) is 18.2 Å². The van der Waals surface area contributed by atoms with Crippen molar-refractivity contribution in [1.29, 1.82) is 0 Å². The number of aryl methyl sites for hydroxylation is 1. The third-order valence-electron chi connectivity index (χ3n) is 3.12. The van der Waals surface area contributed by atoms with Crippen molar-refractivity contribution in [3.8, 4) is 5.75 Å². The molecule has 17 heavy (non-hydrogen) atoms. The Morgan fingerprint density at radius 3 is 2.82 bits per heavy atom. The van der Waals surface area contributed by atoms with Gasteiger partial charge in [0.15, 0.2) is 0 Å². The second-order valence-corrected chi connectivity index (χ2v) is 4.63. The summed E-state index contributed by atoms with van der Waals surface area (Å²) in [7, 11) is 1.69. The summed E-state index contributed by atoms with van der Waals surface area (Å²) in [5, 5.41) is 4.55. The number of anilines is 1. The van der Waals surface area contributed by atoms with Gasteiger partial charge in [-0.15, -0.1) is 0 Å². The predicted octanol–water partition coefficient (Wildman–Crippen LogP) is 3.13. The van der Waals surface area contributed by atoms with Crippen LogP contribution in [0.4, 0.5) is 5.82 Å². The molecule has 1 aromatic heterocycles. The fourth-order valence-electron chi connectivity index (χ4n) is 2.01. The maximum Gasteiger partial charge on any atom is 0.126 e. The van der Waals surface area contributed by atoms with E-state index in [-0.39, 0.29) is 0 Å². The van der Waals surface area contributed by atoms with Gasteiger partial charge in [0.25, 0.3) is 0 Å². The largest absolute Gasteiger partial charge is 0.497 e. The number of benzene rings is 1. The smallest absolute Gasteiger partial charge is 0.126 e. The van der Waals surface area contributed by atoms with E-state index in [1.165, 1.54) is 12.8 Å². The van der Waals surface area contributed by atoms with Crippen molar-refractivity contribution in [2.24, 2.45) is 0 Å². The monoisotopic (exact) mass is 228 g/mol. The zero-order valence-electron chi connectivity index (χ0n) is 10.2. The molecule has 1 fully saturated rings. The first-order valence-corrected chi connectivity index (χ1v) is 5.98. The normalized spacial score (nSPS) is 14.9. The van der Waals surface area contributed by atoms with Crippen LogP contribution in [0.15, 0.2) is 24.3 Å². The summed E-state index contributed by atoms with van der Waals surface area (Å²) < 4.78 is 5.26. The minimum atomic E-state index is 0.638. The number of fused-ring (bicyclic) bond motifs is 1. The second kappa shape index (κ2) is 3.91. The van der Waals surface area contributed by atoms with Crippen molar-refractivity contribution in [3.05, 3.63) is 29.8 Å². The van der Waals surface area contributed by atoms with E-state index < -0.39 is 0 Å². The third kappa shape index (κ3) is 2.05. The Labute approximate surface area is 101 Å². The molecule has 0 spiro atoms. The number of pyridine rings is 1. The van der Waals surface area contributed by atoms with Gasteiger partial charge in [-0.05, 0) is 49.6 Å². The van der Waals surface area contributed by atoms with E-state index in [4.69, 9.17) is 4.74 Å². The lowest BCUT2D eigenvalue weighted by Gasteiger charge is -2.08. The highest BCUT2D eigenvalue weighted by Gasteiger charge is 2.21. The highest BCUT2D eigenvalue weighted by atomic mass is 16.5. The number of hydrogen-bond acceptors (Lipinski definition) is 3. The lowest BCUT2D eigenvalue weighted by atomic mass is 10.1. The van der Waals surface area contributed by atoms with Crippen LogP contribution in [0.25, 0.3) is 10.9 Å². The quantitative estimate of drug-likeness (QED) is 0.876. The number of hydrogen-bond donors (Lipinski definition) is 1. The first-order valence-electron chi connectivity index (χ1n) is 5.98. The van der Waals surface area contributed by atoms with Crippen molar-refractivity contribution in [1.82, 2.24) is 4.98 Å². The first-order chi connectivity index (χ1) is 8.26. The van der Waals surface area contributed by atoms with Gasteiger partial charge in [0, 0.05) is 11.4 Å². The maximum absolute atomic E-state index is 5.26. The number of aromatic nitrogens is 1. The Morgan fingerprint density at radius 1 is 1.29 bits per heavy atom. The molecule has 1 aromatic carbocycles.